The van der Waals surface area contributed by atoms with Crippen LogP contribution in [0, 0.1) is 12.7 Å². The largest absolute Gasteiger partial charge is 0.389 e. The topological polar surface area (TPSA) is 101 Å². The van der Waals surface area contributed by atoms with Crippen LogP contribution in [0.4, 0.5) is 4.39 Å². The predicted molar refractivity (Wildman–Crippen MR) is 90.2 cm³/mol. The molecule has 1 amide bonds. The molecule has 0 saturated heterocycles. The number of carbonyl (C=O) groups is 1. The van der Waals surface area contributed by atoms with Crippen LogP contribution in [0.3, 0.4) is 0 Å². The van der Waals surface area contributed by atoms with E-state index in [9.17, 15) is 9.18 Å². The lowest BCUT2D eigenvalue weighted by molar-refractivity contribution is -0.109. The lowest BCUT2D eigenvalue weighted by atomic mass is 10.1. The van der Waals surface area contributed by atoms with Gasteiger partial charge in [-0.05, 0) is 6.92 Å². The van der Waals surface area contributed by atoms with Gasteiger partial charge in [-0.25, -0.2) is 4.39 Å². The molecule has 25 heavy (non-hydrogen) atoms. The Balaban J connectivity index is 0.000000181. The van der Waals surface area contributed by atoms with Gasteiger partial charge >= 0.3 is 0 Å². The summed E-state index contributed by atoms with van der Waals surface area (Å²) in [6.07, 6.45) is 1.31. The molecule has 2 aromatic heterocycles. The molecule has 9 heteroatoms. The van der Waals surface area contributed by atoms with Crippen molar-refractivity contribution in [3.8, 4) is 11.3 Å². The van der Waals surface area contributed by atoms with Crippen LogP contribution in [0.1, 0.15) is 15.7 Å². The number of aryl methyl sites for hydroxylation is 1. The van der Waals surface area contributed by atoms with Gasteiger partial charge in [0.05, 0.1) is 6.61 Å². The highest BCUT2D eigenvalue weighted by Crippen LogP contribution is 2.23. The third kappa shape index (κ3) is 5.44. The van der Waals surface area contributed by atoms with Crippen molar-refractivity contribution in [2.24, 2.45) is 0 Å². The maximum Gasteiger partial charge on any atom is 0.207 e. The van der Waals surface area contributed by atoms with Crippen LogP contribution in [0.25, 0.3) is 11.3 Å². The minimum atomic E-state index is -0.383. The van der Waals surface area contributed by atoms with E-state index in [0.717, 1.165) is 5.01 Å². The number of hydrogen-bond acceptors (Lipinski definition) is 7. The first-order valence-electron chi connectivity index (χ1n) is 7.42. The number of benzene rings is 1. The number of hydrogen-bond donors (Lipinski definition) is 2. The Morgan fingerprint density at radius 3 is 2.56 bits per heavy atom. The summed E-state index contributed by atoms with van der Waals surface area (Å²) in [5.74, 6) is -0.177. The monoisotopic (exact) mass is 364 g/mol. The van der Waals surface area contributed by atoms with Crippen LogP contribution < -0.4 is 5.32 Å². The van der Waals surface area contributed by atoms with E-state index in [0.29, 0.717) is 35.6 Å². The summed E-state index contributed by atoms with van der Waals surface area (Å²) in [7, 11) is 0. The molecule has 0 bridgehead atoms. The van der Waals surface area contributed by atoms with E-state index < -0.39 is 0 Å². The normalized spacial score (nSPS) is 10.0. The zero-order valence-electron chi connectivity index (χ0n) is 13.5. The first-order valence-corrected chi connectivity index (χ1v) is 8.23. The number of nitrogens with zero attached hydrogens (tertiary/aromatic N) is 3. The van der Waals surface area contributed by atoms with E-state index in [1.54, 1.807) is 19.1 Å². The van der Waals surface area contributed by atoms with Gasteiger partial charge in [0.2, 0.25) is 12.2 Å². The number of aliphatic hydroxyl groups is 1. The minimum absolute atomic E-state index is 0.0707. The zero-order chi connectivity index (χ0) is 18.1. The fraction of sp³-hybridized carbons (Fsp3) is 0.250. The van der Waals surface area contributed by atoms with Crippen LogP contribution in [-0.4, -0.2) is 33.4 Å². The molecule has 0 atom stereocenters. The maximum atomic E-state index is 13.3. The summed E-state index contributed by atoms with van der Waals surface area (Å²) in [6, 6.07) is 9.08. The van der Waals surface area contributed by atoms with Crippen molar-refractivity contribution < 1.29 is 18.8 Å². The number of carbonyl (C=O) groups excluding carboxylic acids is 1. The fourth-order valence-electron chi connectivity index (χ4n) is 1.82. The van der Waals surface area contributed by atoms with Gasteiger partial charge in [-0.3, -0.25) is 4.79 Å². The first kappa shape index (κ1) is 18.7. The summed E-state index contributed by atoms with van der Waals surface area (Å²) < 4.78 is 18.1. The molecule has 0 aliphatic heterocycles. The number of aliphatic hydroxyl groups excluding tert-OH is 1. The van der Waals surface area contributed by atoms with Gasteiger partial charge < -0.3 is 14.9 Å². The minimum Gasteiger partial charge on any atom is -0.389 e. The van der Waals surface area contributed by atoms with E-state index in [1.807, 2.05) is 18.2 Å². The fourth-order valence-corrected chi connectivity index (χ4v) is 2.52. The summed E-state index contributed by atoms with van der Waals surface area (Å²) >= 11 is 1.36. The van der Waals surface area contributed by atoms with Crippen LogP contribution in [0.5, 0.6) is 0 Å². The highest BCUT2D eigenvalue weighted by atomic mass is 32.1. The Morgan fingerprint density at radius 2 is 2.00 bits per heavy atom. The average Bonchev–Trinajstić information content (AvgIpc) is 3.24. The lowest BCUT2D eigenvalue weighted by Crippen LogP contribution is -2.14. The number of amides is 1. The molecule has 0 aliphatic rings. The molecule has 0 radical (unpaired) electrons. The van der Waals surface area contributed by atoms with E-state index in [2.05, 4.69) is 20.7 Å². The van der Waals surface area contributed by atoms with Gasteiger partial charge in [0.15, 0.2) is 5.82 Å². The predicted octanol–water partition coefficient (Wildman–Crippen LogP) is 2.11. The summed E-state index contributed by atoms with van der Waals surface area (Å²) in [4.78, 5) is 9.87. The molecule has 0 unspecified atom stereocenters. The van der Waals surface area contributed by atoms with E-state index >= 15 is 0 Å². The summed E-state index contributed by atoms with van der Waals surface area (Å²) in [5, 5.41) is 23.7. The zero-order valence-corrected chi connectivity index (χ0v) is 14.3. The highest BCUT2D eigenvalue weighted by Gasteiger charge is 2.13. The molecule has 2 heterocycles. The Hall–Kier alpha value is -2.65. The second-order valence-corrected chi connectivity index (χ2v) is 5.99. The standard InChI is InChI=1S/C10H8FNO.C6H9N3O2S/c1-7-9(11)10(13-12-7)8-5-3-2-4-6-8;10-3-6-9-8-5(12-6)1-2-7-4-11/h2-6H,1H3;4,10H,1-3H2,(H,7,11). The number of rotatable bonds is 6. The van der Waals surface area contributed by atoms with E-state index in [4.69, 9.17) is 9.63 Å². The molecule has 0 fully saturated rings. The Kier molecular flexibility index (Phi) is 7.17. The van der Waals surface area contributed by atoms with Crippen molar-refractivity contribution in [2.75, 3.05) is 6.54 Å². The SMILES string of the molecule is Cc1noc(-c2ccccc2)c1F.O=CNCCc1nnc(CO)s1. The molecule has 0 aliphatic carbocycles. The first-order chi connectivity index (χ1) is 12.2. The Morgan fingerprint density at radius 1 is 1.28 bits per heavy atom. The molecule has 132 valence electrons. The van der Waals surface area contributed by atoms with Gasteiger partial charge in [-0.15, -0.1) is 10.2 Å². The van der Waals surface area contributed by atoms with Crippen LogP contribution in [-0.2, 0) is 17.8 Å². The van der Waals surface area contributed by atoms with Crippen molar-refractivity contribution in [1.29, 1.82) is 0 Å². The van der Waals surface area contributed by atoms with E-state index in [1.165, 1.54) is 11.3 Å². The van der Waals surface area contributed by atoms with Crippen LogP contribution in [0.2, 0.25) is 0 Å². The molecule has 0 saturated carbocycles. The third-order valence-corrected chi connectivity index (χ3v) is 4.01. The van der Waals surface area contributed by atoms with Crippen molar-refractivity contribution in [1.82, 2.24) is 20.7 Å². The molecule has 7 nitrogen and oxygen atoms in total. The molecule has 1 aromatic carbocycles. The molecule has 2 N–H and O–H groups in total. The summed E-state index contributed by atoms with van der Waals surface area (Å²) in [5.41, 5.74) is 0.999. The third-order valence-electron chi connectivity index (χ3n) is 3.04. The molecular weight excluding hydrogens is 347 g/mol. The molecule has 0 spiro atoms. The van der Waals surface area contributed by atoms with Crippen LogP contribution in [0.15, 0.2) is 34.9 Å². The van der Waals surface area contributed by atoms with Gasteiger partial charge in [-0.2, -0.15) is 0 Å². The number of halogens is 1. The Labute approximate surface area is 147 Å². The van der Waals surface area contributed by atoms with Gasteiger partial charge in [0, 0.05) is 18.5 Å². The lowest BCUT2D eigenvalue weighted by Gasteiger charge is -1.92. The molecule has 3 rings (SSSR count). The van der Waals surface area contributed by atoms with Crippen molar-refractivity contribution >= 4 is 17.7 Å². The van der Waals surface area contributed by atoms with E-state index in [-0.39, 0.29) is 18.2 Å². The van der Waals surface area contributed by atoms with Crippen LogP contribution >= 0.6 is 11.3 Å². The molecule has 3 aromatic rings. The number of aromatic nitrogens is 3. The van der Waals surface area contributed by atoms with Gasteiger partial charge in [0.25, 0.3) is 0 Å². The van der Waals surface area contributed by atoms with Gasteiger partial charge in [0.1, 0.15) is 15.7 Å². The highest BCUT2D eigenvalue weighted by molar-refractivity contribution is 7.11. The Bertz CT molecular complexity index is 792. The van der Waals surface area contributed by atoms with Crippen molar-refractivity contribution in [2.45, 2.75) is 20.0 Å². The molecular formula is C16H17FN4O3S. The van der Waals surface area contributed by atoms with Crippen molar-refractivity contribution in [3.63, 3.8) is 0 Å². The number of nitrogens with one attached hydrogen (secondary N) is 1. The quantitative estimate of drug-likeness (QED) is 0.513. The second-order valence-electron chi connectivity index (χ2n) is 4.85. The van der Waals surface area contributed by atoms with Gasteiger partial charge in [-0.1, -0.05) is 46.8 Å². The maximum absolute atomic E-state index is 13.3. The summed E-state index contributed by atoms with van der Waals surface area (Å²) in [6.45, 7) is 2.06. The smallest absolute Gasteiger partial charge is 0.207 e. The second kappa shape index (κ2) is 9.60. The van der Waals surface area contributed by atoms with Crippen molar-refractivity contribution in [3.05, 3.63) is 51.9 Å². The average molecular weight is 364 g/mol.